The fourth-order valence-corrected chi connectivity index (χ4v) is 4.50. The molecule has 2 saturated heterocycles. The van der Waals surface area contributed by atoms with Crippen LogP contribution in [0.1, 0.15) is 24.8 Å². The molecule has 0 unspecified atom stereocenters. The summed E-state index contributed by atoms with van der Waals surface area (Å²) in [5.74, 6) is 0.610. The van der Waals surface area contributed by atoms with Gasteiger partial charge in [-0.2, -0.15) is 17.0 Å². The zero-order valence-electron chi connectivity index (χ0n) is 14.4. The molecule has 3 rings (SSSR count). The molecule has 2 aliphatic rings. The predicted molar refractivity (Wildman–Crippen MR) is 90.9 cm³/mol. The number of nitrogens with one attached hydrogen (secondary N) is 1. The van der Waals surface area contributed by atoms with Gasteiger partial charge in [0.05, 0.1) is 5.60 Å². The van der Waals surface area contributed by atoms with E-state index in [1.165, 1.54) is 8.61 Å². The lowest BCUT2D eigenvalue weighted by Gasteiger charge is -2.38. The first-order valence-electron chi connectivity index (χ1n) is 8.17. The Morgan fingerprint density at radius 2 is 2.08 bits per heavy atom. The quantitative estimate of drug-likeness (QED) is 0.852. The molecule has 1 spiro atoms. The lowest BCUT2D eigenvalue weighted by Crippen LogP contribution is -2.48. The van der Waals surface area contributed by atoms with Crippen molar-refractivity contribution in [2.75, 3.05) is 39.1 Å². The van der Waals surface area contributed by atoms with E-state index in [1.54, 1.807) is 26.5 Å². The zero-order valence-corrected chi connectivity index (χ0v) is 15.2. The van der Waals surface area contributed by atoms with Crippen LogP contribution in [0.5, 0.6) is 0 Å². The summed E-state index contributed by atoms with van der Waals surface area (Å²) in [5.41, 5.74) is 0.605. The van der Waals surface area contributed by atoms with Crippen molar-refractivity contribution in [3.05, 3.63) is 18.0 Å². The van der Waals surface area contributed by atoms with E-state index in [1.807, 2.05) is 6.92 Å². The van der Waals surface area contributed by atoms with E-state index in [0.717, 1.165) is 18.4 Å². The molecule has 3 heterocycles. The molecule has 0 saturated carbocycles. The minimum Gasteiger partial charge on any atom is -0.373 e. The summed E-state index contributed by atoms with van der Waals surface area (Å²) < 4.78 is 33.4. The molecule has 0 bridgehead atoms. The molecule has 2 fully saturated rings. The van der Waals surface area contributed by atoms with Crippen LogP contribution in [-0.4, -0.2) is 72.4 Å². The van der Waals surface area contributed by atoms with E-state index in [9.17, 15) is 8.42 Å². The number of hydrogen-bond acceptors (Lipinski definition) is 6. The maximum atomic E-state index is 12.3. The summed E-state index contributed by atoms with van der Waals surface area (Å²) >= 11 is 0. The number of aryl methyl sites for hydroxylation is 1. The first-order valence-corrected chi connectivity index (χ1v) is 9.57. The molecule has 134 valence electrons. The molecule has 2 aliphatic heterocycles. The third-order valence-corrected chi connectivity index (χ3v) is 6.56. The third kappa shape index (κ3) is 3.53. The lowest BCUT2D eigenvalue weighted by atomic mass is 9.89. The van der Waals surface area contributed by atoms with Gasteiger partial charge in [-0.1, -0.05) is 0 Å². The Morgan fingerprint density at radius 3 is 2.75 bits per heavy atom. The van der Waals surface area contributed by atoms with Gasteiger partial charge in [-0.15, -0.1) is 0 Å². The number of hydrogen-bond donors (Lipinski definition) is 1. The van der Waals surface area contributed by atoms with Crippen molar-refractivity contribution in [3.63, 3.8) is 0 Å². The van der Waals surface area contributed by atoms with Crippen LogP contribution in [0.15, 0.2) is 12.4 Å². The molecule has 0 aliphatic carbocycles. The second-order valence-electron chi connectivity index (χ2n) is 6.82. The van der Waals surface area contributed by atoms with Crippen molar-refractivity contribution >= 4 is 16.2 Å². The molecule has 1 aromatic heterocycles. The average molecular weight is 355 g/mol. The van der Waals surface area contributed by atoms with Gasteiger partial charge >= 0.3 is 0 Å². The number of nitrogens with zero attached hydrogens (tertiary/aromatic N) is 4. The molecule has 24 heavy (non-hydrogen) atoms. The van der Waals surface area contributed by atoms with Crippen LogP contribution in [0.4, 0.5) is 5.95 Å². The van der Waals surface area contributed by atoms with Gasteiger partial charge in [0, 0.05) is 52.2 Å². The minimum atomic E-state index is -3.39. The van der Waals surface area contributed by atoms with Crippen molar-refractivity contribution in [1.82, 2.24) is 18.6 Å². The smallest absolute Gasteiger partial charge is 0.281 e. The Bertz CT molecular complexity index is 679. The van der Waals surface area contributed by atoms with Gasteiger partial charge in [0.25, 0.3) is 10.2 Å². The van der Waals surface area contributed by atoms with Gasteiger partial charge in [-0.05, 0) is 31.7 Å². The van der Waals surface area contributed by atoms with Gasteiger partial charge in [0.1, 0.15) is 0 Å². The number of aromatic nitrogens is 2. The molecular weight excluding hydrogens is 330 g/mol. The van der Waals surface area contributed by atoms with E-state index in [-0.39, 0.29) is 6.04 Å². The van der Waals surface area contributed by atoms with E-state index in [4.69, 9.17) is 4.74 Å². The summed E-state index contributed by atoms with van der Waals surface area (Å²) in [5, 5.41) is 3.35. The first-order chi connectivity index (χ1) is 11.3. The monoisotopic (exact) mass is 355 g/mol. The standard InChI is InChI=1S/C15H25N5O3S/c1-12-9-16-14(17-10-12)18-13-4-7-23-15(8-13)5-6-20(11-15)24(21,22)19(2)3/h9-10,13H,4-8,11H2,1-3H3,(H,16,17,18)/t13-,15-/m0/s1. The Labute approximate surface area is 143 Å². The number of ether oxygens (including phenoxy) is 1. The maximum Gasteiger partial charge on any atom is 0.281 e. The molecule has 1 N–H and O–H groups in total. The predicted octanol–water partition coefficient (Wildman–Crippen LogP) is 0.627. The van der Waals surface area contributed by atoms with Crippen molar-refractivity contribution in [3.8, 4) is 0 Å². The van der Waals surface area contributed by atoms with Crippen LogP contribution in [0.3, 0.4) is 0 Å². The molecule has 9 heteroatoms. The Kier molecular flexibility index (Phi) is 4.78. The van der Waals surface area contributed by atoms with Gasteiger partial charge in [-0.3, -0.25) is 0 Å². The average Bonchev–Trinajstić information content (AvgIpc) is 2.94. The van der Waals surface area contributed by atoms with E-state index in [0.29, 0.717) is 32.1 Å². The normalized spacial score (nSPS) is 28.6. The highest BCUT2D eigenvalue weighted by Crippen LogP contribution is 2.36. The molecule has 0 radical (unpaired) electrons. The Hall–Kier alpha value is -1.29. The van der Waals surface area contributed by atoms with Crippen LogP contribution in [0.2, 0.25) is 0 Å². The topological polar surface area (TPSA) is 87.7 Å². The highest BCUT2D eigenvalue weighted by molar-refractivity contribution is 7.86. The van der Waals surface area contributed by atoms with E-state index < -0.39 is 15.8 Å². The maximum absolute atomic E-state index is 12.3. The van der Waals surface area contributed by atoms with Gasteiger partial charge in [-0.25, -0.2) is 9.97 Å². The summed E-state index contributed by atoms with van der Waals surface area (Å²) in [6, 6.07) is 0.184. The van der Waals surface area contributed by atoms with Crippen LogP contribution in [-0.2, 0) is 14.9 Å². The largest absolute Gasteiger partial charge is 0.373 e. The summed E-state index contributed by atoms with van der Waals surface area (Å²) in [7, 11) is -0.278. The third-order valence-electron chi connectivity index (χ3n) is 4.68. The highest BCUT2D eigenvalue weighted by atomic mass is 32.2. The Morgan fingerprint density at radius 1 is 1.38 bits per heavy atom. The van der Waals surface area contributed by atoms with E-state index in [2.05, 4.69) is 15.3 Å². The minimum absolute atomic E-state index is 0.184. The van der Waals surface area contributed by atoms with Crippen LogP contribution in [0, 0.1) is 6.92 Å². The van der Waals surface area contributed by atoms with Gasteiger partial charge in [0.2, 0.25) is 5.95 Å². The van der Waals surface area contributed by atoms with Gasteiger partial charge < -0.3 is 10.1 Å². The summed E-state index contributed by atoms with van der Waals surface area (Å²) in [4.78, 5) is 8.58. The van der Waals surface area contributed by atoms with E-state index >= 15 is 0 Å². The summed E-state index contributed by atoms with van der Waals surface area (Å²) in [6.45, 7) is 3.46. The Balaban J connectivity index is 1.66. The lowest BCUT2D eigenvalue weighted by molar-refractivity contribution is -0.0705. The number of anilines is 1. The molecule has 0 amide bonds. The van der Waals surface area contributed by atoms with Gasteiger partial charge in [0.15, 0.2) is 0 Å². The van der Waals surface area contributed by atoms with Crippen molar-refractivity contribution in [1.29, 1.82) is 0 Å². The molecule has 2 atom stereocenters. The van der Waals surface area contributed by atoms with Crippen molar-refractivity contribution in [2.45, 2.75) is 37.8 Å². The fraction of sp³-hybridized carbons (Fsp3) is 0.733. The zero-order chi connectivity index (χ0) is 17.4. The van der Waals surface area contributed by atoms with Crippen molar-refractivity contribution < 1.29 is 13.2 Å². The highest BCUT2D eigenvalue weighted by Gasteiger charge is 2.47. The molecular formula is C15H25N5O3S. The second kappa shape index (κ2) is 6.55. The fourth-order valence-electron chi connectivity index (χ4n) is 3.32. The van der Waals surface area contributed by atoms with Crippen LogP contribution >= 0.6 is 0 Å². The van der Waals surface area contributed by atoms with Crippen LogP contribution < -0.4 is 5.32 Å². The molecule has 1 aromatic rings. The SMILES string of the molecule is Cc1cnc(N[C@H]2CCO[C@@]3(CCN(S(=O)(=O)N(C)C)C3)C2)nc1. The first kappa shape index (κ1) is 17.5. The van der Waals surface area contributed by atoms with Crippen LogP contribution in [0.25, 0.3) is 0 Å². The molecule has 8 nitrogen and oxygen atoms in total. The summed E-state index contributed by atoms with van der Waals surface area (Å²) in [6.07, 6.45) is 5.90. The van der Waals surface area contributed by atoms with Crippen molar-refractivity contribution in [2.24, 2.45) is 0 Å². The molecule has 0 aromatic carbocycles. The number of rotatable bonds is 4. The second-order valence-corrected chi connectivity index (χ2v) is 8.97.